The molecule has 0 fully saturated rings. The van der Waals surface area contributed by atoms with Gasteiger partial charge in [0.1, 0.15) is 23.3 Å². The second-order valence-corrected chi connectivity index (χ2v) is 4.76. The average molecular weight is 277 g/mol. The van der Waals surface area contributed by atoms with Gasteiger partial charge in [0, 0.05) is 12.7 Å². The minimum absolute atomic E-state index is 0.0329. The van der Waals surface area contributed by atoms with E-state index in [9.17, 15) is 0 Å². The number of rotatable bonds is 3. The van der Waals surface area contributed by atoms with E-state index in [-0.39, 0.29) is 5.92 Å². The Balaban J connectivity index is 1.99. The van der Waals surface area contributed by atoms with E-state index in [1.165, 1.54) is 0 Å². The normalized spacial score (nSPS) is 17.1. The molecule has 1 aromatic carbocycles. The van der Waals surface area contributed by atoms with Gasteiger partial charge in [-0.25, -0.2) is 9.97 Å². The lowest BCUT2D eigenvalue weighted by Crippen LogP contribution is -2.10. The van der Waals surface area contributed by atoms with E-state index >= 15 is 0 Å². The van der Waals surface area contributed by atoms with Crippen molar-refractivity contribution < 1.29 is 9.47 Å². The third-order valence-electron chi connectivity index (χ3n) is 3.07. The lowest BCUT2D eigenvalue weighted by atomic mass is 10.0. The monoisotopic (exact) mass is 276 g/mol. The van der Waals surface area contributed by atoms with Crippen molar-refractivity contribution in [2.45, 2.75) is 12.5 Å². The summed E-state index contributed by atoms with van der Waals surface area (Å²) < 4.78 is 10.7. The number of aromatic nitrogens is 2. The Morgan fingerprint density at radius 3 is 3.05 bits per heavy atom. The highest BCUT2D eigenvalue weighted by Gasteiger charge is 2.28. The molecule has 1 atom stereocenters. The lowest BCUT2D eigenvalue weighted by molar-refractivity contribution is 0.181. The minimum atomic E-state index is 0.0329. The molecule has 0 amide bonds. The standard InChI is InChI=1S/C14H13ClN2O2/c1-18-7-9-6-13(15)17-14(16-9)11-8-19-12-5-3-2-4-10(11)12/h2-6,11H,7-8H2,1H3. The maximum absolute atomic E-state index is 6.04. The van der Waals surface area contributed by atoms with Crippen LogP contribution in [-0.2, 0) is 11.3 Å². The van der Waals surface area contributed by atoms with Crippen LogP contribution in [0, 0.1) is 0 Å². The molecule has 0 bridgehead atoms. The first-order valence-corrected chi connectivity index (χ1v) is 6.39. The molecule has 1 aromatic heterocycles. The first-order valence-electron chi connectivity index (χ1n) is 6.02. The summed E-state index contributed by atoms with van der Waals surface area (Å²) >= 11 is 6.04. The van der Waals surface area contributed by atoms with Gasteiger partial charge < -0.3 is 9.47 Å². The molecule has 0 N–H and O–H groups in total. The van der Waals surface area contributed by atoms with Crippen LogP contribution in [-0.4, -0.2) is 23.7 Å². The lowest BCUT2D eigenvalue weighted by Gasteiger charge is -2.09. The van der Waals surface area contributed by atoms with Gasteiger partial charge in [-0.2, -0.15) is 0 Å². The van der Waals surface area contributed by atoms with E-state index in [1.54, 1.807) is 13.2 Å². The van der Waals surface area contributed by atoms with Gasteiger partial charge in [-0.05, 0) is 12.1 Å². The molecule has 1 unspecified atom stereocenters. The molecule has 0 saturated carbocycles. The molecular weight excluding hydrogens is 264 g/mol. The molecule has 0 radical (unpaired) electrons. The first kappa shape index (κ1) is 12.4. The zero-order valence-electron chi connectivity index (χ0n) is 10.5. The van der Waals surface area contributed by atoms with Crippen LogP contribution in [0.5, 0.6) is 5.75 Å². The molecule has 1 aliphatic rings. The predicted molar refractivity (Wildman–Crippen MR) is 71.5 cm³/mol. The maximum atomic E-state index is 6.04. The third-order valence-corrected chi connectivity index (χ3v) is 3.26. The summed E-state index contributed by atoms with van der Waals surface area (Å²) in [4.78, 5) is 8.82. The number of halogens is 1. The SMILES string of the molecule is COCc1cc(Cl)nc(C2COc3ccccc32)n1. The molecule has 0 saturated heterocycles. The van der Waals surface area contributed by atoms with Crippen LogP contribution in [0.4, 0.5) is 0 Å². The third kappa shape index (κ3) is 2.41. The van der Waals surface area contributed by atoms with Crippen molar-refractivity contribution in [1.82, 2.24) is 9.97 Å². The van der Waals surface area contributed by atoms with E-state index in [0.29, 0.717) is 24.2 Å². The Morgan fingerprint density at radius 1 is 1.37 bits per heavy atom. The van der Waals surface area contributed by atoms with Crippen LogP contribution in [0.2, 0.25) is 5.15 Å². The number of fused-ring (bicyclic) bond motifs is 1. The van der Waals surface area contributed by atoms with Gasteiger partial charge in [-0.1, -0.05) is 29.8 Å². The molecule has 98 valence electrons. The number of hydrogen-bond donors (Lipinski definition) is 0. The molecular formula is C14H13ClN2O2. The fourth-order valence-electron chi connectivity index (χ4n) is 2.24. The minimum Gasteiger partial charge on any atom is -0.492 e. The molecule has 4 nitrogen and oxygen atoms in total. The number of methoxy groups -OCH3 is 1. The molecule has 0 spiro atoms. The van der Waals surface area contributed by atoms with Crippen molar-refractivity contribution in [3.8, 4) is 5.75 Å². The Hall–Kier alpha value is -1.65. The summed E-state index contributed by atoms with van der Waals surface area (Å²) in [6, 6.07) is 9.65. The predicted octanol–water partition coefficient (Wildman–Crippen LogP) is 2.80. The Morgan fingerprint density at radius 2 is 2.21 bits per heavy atom. The topological polar surface area (TPSA) is 44.2 Å². The molecule has 1 aliphatic heterocycles. The summed E-state index contributed by atoms with van der Waals surface area (Å²) in [6.45, 7) is 0.969. The van der Waals surface area contributed by atoms with Crippen molar-refractivity contribution in [3.05, 3.63) is 52.6 Å². The van der Waals surface area contributed by atoms with Crippen molar-refractivity contribution in [3.63, 3.8) is 0 Å². The Kier molecular flexibility index (Phi) is 3.36. The van der Waals surface area contributed by atoms with Crippen molar-refractivity contribution in [2.75, 3.05) is 13.7 Å². The second kappa shape index (κ2) is 5.15. The van der Waals surface area contributed by atoms with E-state index in [0.717, 1.165) is 17.0 Å². The highest BCUT2D eigenvalue weighted by Crippen LogP contribution is 2.36. The van der Waals surface area contributed by atoms with Crippen LogP contribution in [0.1, 0.15) is 23.0 Å². The van der Waals surface area contributed by atoms with Gasteiger partial charge in [-0.3, -0.25) is 0 Å². The van der Waals surface area contributed by atoms with Crippen LogP contribution in [0.15, 0.2) is 30.3 Å². The quantitative estimate of drug-likeness (QED) is 0.809. The fraction of sp³-hybridized carbons (Fsp3) is 0.286. The van der Waals surface area contributed by atoms with Gasteiger partial charge in [-0.15, -0.1) is 0 Å². The maximum Gasteiger partial charge on any atom is 0.141 e. The number of ether oxygens (including phenoxy) is 2. The number of benzene rings is 1. The fourth-order valence-corrected chi connectivity index (χ4v) is 2.45. The summed E-state index contributed by atoms with van der Waals surface area (Å²) in [5.74, 6) is 1.61. The van der Waals surface area contributed by atoms with E-state index < -0.39 is 0 Å². The van der Waals surface area contributed by atoms with Gasteiger partial charge in [0.25, 0.3) is 0 Å². The van der Waals surface area contributed by atoms with E-state index in [2.05, 4.69) is 9.97 Å². The van der Waals surface area contributed by atoms with Gasteiger partial charge in [0.2, 0.25) is 0 Å². The van der Waals surface area contributed by atoms with Crippen LogP contribution in [0.25, 0.3) is 0 Å². The van der Waals surface area contributed by atoms with Gasteiger partial charge in [0.15, 0.2) is 0 Å². The smallest absolute Gasteiger partial charge is 0.141 e. The summed E-state index contributed by atoms with van der Waals surface area (Å²) in [5.41, 5.74) is 1.88. The summed E-state index contributed by atoms with van der Waals surface area (Å²) in [6.07, 6.45) is 0. The Bertz CT molecular complexity index is 604. The molecule has 0 aliphatic carbocycles. The molecule has 2 aromatic rings. The molecule has 19 heavy (non-hydrogen) atoms. The zero-order chi connectivity index (χ0) is 13.2. The van der Waals surface area contributed by atoms with Crippen molar-refractivity contribution in [2.24, 2.45) is 0 Å². The Labute approximate surface area is 116 Å². The average Bonchev–Trinajstić information content (AvgIpc) is 2.82. The largest absolute Gasteiger partial charge is 0.492 e. The first-order chi connectivity index (χ1) is 9.28. The van der Waals surface area contributed by atoms with E-state index in [1.807, 2.05) is 24.3 Å². The highest BCUT2D eigenvalue weighted by atomic mass is 35.5. The van der Waals surface area contributed by atoms with Gasteiger partial charge >= 0.3 is 0 Å². The van der Waals surface area contributed by atoms with Crippen LogP contribution in [0.3, 0.4) is 0 Å². The number of nitrogens with zero attached hydrogens (tertiary/aromatic N) is 2. The molecule has 2 heterocycles. The van der Waals surface area contributed by atoms with Gasteiger partial charge in [0.05, 0.1) is 18.2 Å². The molecule has 5 heteroatoms. The van der Waals surface area contributed by atoms with Crippen molar-refractivity contribution >= 4 is 11.6 Å². The number of hydrogen-bond acceptors (Lipinski definition) is 4. The summed E-state index contributed by atoms with van der Waals surface area (Å²) in [5, 5.41) is 0.432. The molecule has 3 rings (SSSR count). The highest BCUT2D eigenvalue weighted by molar-refractivity contribution is 6.29. The zero-order valence-corrected chi connectivity index (χ0v) is 11.2. The summed E-state index contributed by atoms with van der Waals surface area (Å²) in [7, 11) is 1.63. The number of para-hydroxylation sites is 1. The van der Waals surface area contributed by atoms with Crippen LogP contribution < -0.4 is 4.74 Å². The second-order valence-electron chi connectivity index (χ2n) is 4.37. The van der Waals surface area contributed by atoms with Crippen molar-refractivity contribution in [1.29, 1.82) is 0 Å². The van der Waals surface area contributed by atoms with E-state index in [4.69, 9.17) is 21.1 Å². The van der Waals surface area contributed by atoms with Crippen LogP contribution >= 0.6 is 11.6 Å².